The van der Waals surface area contributed by atoms with Gasteiger partial charge in [-0.1, -0.05) is 24.3 Å². The van der Waals surface area contributed by atoms with E-state index in [1.165, 1.54) is 12.1 Å². The molecule has 0 unspecified atom stereocenters. The number of amides is 1. The van der Waals surface area contributed by atoms with Crippen LogP contribution in [-0.2, 0) is 0 Å². The number of hydrogen-bond donors (Lipinski definition) is 2. The summed E-state index contributed by atoms with van der Waals surface area (Å²) in [5.74, 6) is -0.511. The summed E-state index contributed by atoms with van der Waals surface area (Å²) >= 11 is 0. The van der Waals surface area contributed by atoms with Gasteiger partial charge >= 0.3 is 0 Å². The number of nitrogens with one attached hydrogen (secondary N) is 1. The number of anilines is 1. The average Bonchev–Trinajstić information content (AvgIpc) is 2.30. The SMILES string of the molecule is O=C(Nc1ccccc1)c1cccc(O)n1. The molecule has 1 heterocycles. The van der Waals surface area contributed by atoms with E-state index in [0.29, 0.717) is 5.69 Å². The third kappa shape index (κ3) is 2.36. The topological polar surface area (TPSA) is 62.2 Å². The molecule has 2 aromatic rings. The molecule has 0 aliphatic heterocycles. The van der Waals surface area contributed by atoms with Crippen molar-refractivity contribution in [3.05, 3.63) is 54.2 Å². The van der Waals surface area contributed by atoms with Gasteiger partial charge in [0.05, 0.1) is 0 Å². The number of aromatic nitrogens is 1. The lowest BCUT2D eigenvalue weighted by atomic mass is 10.3. The second kappa shape index (κ2) is 4.44. The predicted molar refractivity (Wildman–Crippen MR) is 60.3 cm³/mol. The first-order chi connectivity index (χ1) is 7.75. The van der Waals surface area contributed by atoms with Crippen molar-refractivity contribution in [3.8, 4) is 5.88 Å². The van der Waals surface area contributed by atoms with Crippen LogP contribution in [0.25, 0.3) is 0 Å². The number of aromatic hydroxyl groups is 1. The lowest BCUT2D eigenvalue weighted by Crippen LogP contribution is -2.13. The van der Waals surface area contributed by atoms with E-state index in [0.717, 1.165) is 0 Å². The van der Waals surface area contributed by atoms with Crippen LogP contribution in [0.5, 0.6) is 5.88 Å². The Hall–Kier alpha value is -2.36. The molecule has 16 heavy (non-hydrogen) atoms. The molecule has 0 atom stereocenters. The van der Waals surface area contributed by atoms with Crippen LogP contribution in [0.4, 0.5) is 5.69 Å². The van der Waals surface area contributed by atoms with Gasteiger partial charge in [-0.05, 0) is 18.2 Å². The van der Waals surface area contributed by atoms with Gasteiger partial charge in [0.25, 0.3) is 5.91 Å². The molecule has 1 aromatic carbocycles. The Balaban J connectivity index is 2.15. The maximum absolute atomic E-state index is 11.7. The van der Waals surface area contributed by atoms with Crippen molar-refractivity contribution in [1.29, 1.82) is 0 Å². The third-order valence-corrected chi connectivity index (χ3v) is 2.00. The van der Waals surface area contributed by atoms with Gasteiger partial charge in [-0.3, -0.25) is 4.79 Å². The summed E-state index contributed by atoms with van der Waals surface area (Å²) in [6.45, 7) is 0. The summed E-state index contributed by atoms with van der Waals surface area (Å²) in [6.07, 6.45) is 0. The molecule has 4 heteroatoms. The molecule has 0 aliphatic carbocycles. The van der Waals surface area contributed by atoms with E-state index in [9.17, 15) is 4.79 Å². The second-order valence-corrected chi connectivity index (χ2v) is 3.20. The quantitative estimate of drug-likeness (QED) is 0.804. The summed E-state index contributed by atoms with van der Waals surface area (Å²) in [5.41, 5.74) is 0.876. The molecule has 2 N–H and O–H groups in total. The Morgan fingerprint density at radius 1 is 1.06 bits per heavy atom. The highest BCUT2D eigenvalue weighted by Gasteiger charge is 2.07. The number of carbonyl (C=O) groups excluding carboxylic acids is 1. The molecular formula is C12H10N2O2. The highest BCUT2D eigenvalue weighted by atomic mass is 16.3. The molecule has 80 valence electrons. The van der Waals surface area contributed by atoms with Crippen LogP contribution in [0.3, 0.4) is 0 Å². The highest BCUT2D eigenvalue weighted by Crippen LogP contribution is 2.09. The fourth-order valence-electron chi connectivity index (χ4n) is 1.27. The maximum Gasteiger partial charge on any atom is 0.274 e. The molecule has 2 rings (SSSR count). The number of para-hydroxylation sites is 1. The van der Waals surface area contributed by atoms with Gasteiger partial charge < -0.3 is 10.4 Å². The predicted octanol–water partition coefficient (Wildman–Crippen LogP) is 2.04. The highest BCUT2D eigenvalue weighted by molar-refractivity contribution is 6.02. The maximum atomic E-state index is 11.7. The van der Waals surface area contributed by atoms with Crippen LogP contribution < -0.4 is 5.32 Å². The van der Waals surface area contributed by atoms with Gasteiger partial charge in [-0.25, -0.2) is 4.98 Å². The van der Waals surface area contributed by atoms with Crippen molar-refractivity contribution >= 4 is 11.6 Å². The molecule has 1 aromatic heterocycles. The zero-order valence-corrected chi connectivity index (χ0v) is 8.42. The van der Waals surface area contributed by atoms with Crippen molar-refractivity contribution < 1.29 is 9.90 Å². The first-order valence-electron chi connectivity index (χ1n) is 4.78. The van der Waals surface area contributed by atoms with Crippen LogP contribution in [0, 0.1) is 0 Å². The normalized spacial score (nSPS) is 9.75. The lowest BCUT2D eigenvalue weighted by molar-refractivity contribution is 0.102. The van der Waals surface area contributed by atoms with Crippen LogP contribution >= 0.6 is 0 Å². The molecule has 0 radical (unpaired) electrons. The van der Waals surface area contributed by atoms with Crippen LogP contribution in [0.15, 0.2) is 48.5 Å². The van der Waals surface area contributed by atoms with E-state index >= 15 is 0 Å². The number of carbonyl (C=O) groups is 1. The minimum absolute atomic E-state index is 0.166. The van der Waals surface area contributed by atoms with E-state index < -0.39 is 0 Å². The van der Waals surface area contributed by atoms with E-state index in [4.69, 9.17) is 5.11 Å². The standard InChI is InChI=1S/C12H10N2O2/c15-11-8-4-7-10(14-11)12(16)13-9-5-2-1-3-6-9/h1-8H,(H,13,16)(H,14,15). The number of rotatable bonds is 2. The number of benzene rings is 1. The smallest absolute Gasteiger partial charge is 0.274 e. The average molecular weight is 214 g/mol. The Morgan fingerprint density at radius 2 is 1.81 bits per heavy atom. The Labute approximate surface area is 92.6 Å². The molecule has 4 nitrogen and oxygen atoms in total. The van der Waals surface area contributed by atoms with Crippen LogP contribution in [0.1, 0.15) is 10.5 Å². The third-order valence-electron chi connectivity index (χ3n) is 2.00. The van der Waals surface area contributed by atoms with Crippen molar-refractivity contribution in [1.82, 2.24) is 4.98 Å². The monoisotopic (exact) mass is 214 g/mol. The van der Waals surface area contributed by atoms with Crippen molar-refractivity contribution in [3.63, 3.8) is 0 Å². The number of nitrogens with zero attached hydrogens (tertiary/aromatic N) is 1. The fourth-order valence-corrected chi connectivity index (χ4v) is 1.27. The zero-order valence-electron chi connectivity index (χ0n) is 8.42. The van der Waals surface area contributed by atoms with Crippen molar-refractivity contribution in [2.75, 3.05) is 5.32 Å². The molecule has 0 fully saturated rings. The summed E-state index contributed by atoms with van der Waals surface area (Å²) in [5, 5.41) is 11.8. The molecular weight excluding hydrogens is 204 g/mol. The molecule has 0 bridgehead atoms. The van der Waals surface area contributed by atoms with Gasteiger partial charge in [0.1, 0.15) is 5.69 Å². The van der Waals surface area contributed by atoms with Crippen molar-refractivity contribution in [2.45, 2.75) is 0 Å². The summed E-state index contributed by atoms with van der Waals surface area (Å²) in [7, 11) is 0. The number of pyridine rings is 1. The first-order valence-corrected chi connectivity index (χ1v) is 4.78. The summed E-state index contributed by atoms with van der Waals surface area (Å²) in [4.78, 5) is 15.4. The van der Waals surface area contributed by atoms with E-state index in [-0.39, 0.29) is 17.5 Å². The number of hydrogen-bond acceptors (Lipinski definition) is 3. The first kappa shape index (κ1) is 10.2. The molecule has 0 saturated carbocycles. The minimum Gasteiger partial charge on any atom is -0.493 e. The molecule has 0 spiro atoms. The minimum atomic E-state index is -0.345. The van der Waals surface area contributed by atoms with Crippen molar-refractivity contribution in [2.24, 2.45) is 0 Å². The Kier molecular flexibility index (Phi) is 2.82. The van der Waals surface area contributed by atoms with E-state index in [1.807, 2.05) is 18.2 Å². The summed E-state index contributed by atoms with van der Waals surface area (Å²) < 4.78 is 0. The van der Waals surface area contributed by atoms with Gasteiger partial charge in [-0.2, -0.15) is 0 Å². The zero-order chi connectivity index (χ0) is 11.4. The van der Waals surface area contributed by atoms with Gasteiger partial charge in [0, 0.05) is 11.8 Å². The summed E-state index contributed by atoms with van der Waals surface area (Å²) in [6, 6.07) is 13.6. The molecule has 1 amide bonds. The Bertz CT molecular complexity index is 497. The second-order valence-electron chi connectivity index (χ2n) is 3.20. The molecule has 0 saturated heterocycles. The van der Waals surface area contributed by atoms with Gasteiger partial charge in [0.15, 0.2) is 0 Å². The van der Waals surface area contributed by atoms with E-state index in [2.05, 4.69) is 10.3 Å². The van der Waals surface area contributed by atoms with E-state index in [1.54, 1.807) is 18.2 Å². The fraction of sp³-hybridized carbons (Fsp3) is 0. The van der Waals surface area contributed by atoms with Gasteiger partial charge in [0.2, 0.25) is 5.88 Å². The van der Waals surface area contributed by atoms with Gasteiger partial charge in [-0.15, -0.1) is 0 Å². The van der Waals surface area contributed by atoms with Crippen LogP contribution in [-0.4, -0.2) is 16.0 Å². The largest absolute Gasteiger partial charge is 0.493 e. The Morgan fingerprint density at radius 3 is 2.50 bits per heavy atom. The van der Waals surface area contributed by atoms with Crippen LogP contribution in [0.2, 0.25) is 0 Å². The lowest BCUT2D eigenvalue weighted by Gasteiger charge is -2.03. The molecule has 0 aliphatic rings.